The first-order chi connectivity index (χ1) is 17.5. The van der Waals surface area contributed by atoms with Crippen molar-refractivity contribution in [3.8, 4) is 11.1 Å². The molecule has 2 heterocycles. The summed E-state index contributed by atoms with van der Waals surface area (Å²) in [6.07, 6.45) is 2.54. The zero-order chi connectivity index (χ0) is 27.2. The third-order valence-corrected chi connectivity index (χ3v) is 6.93. The number of hydrogen-bond donors (Lipinski definition) is 2. The second-order valence-electron chi connectivity index (χ2n) is 7.73. The van der Waals surface area contributed by atoms with E-state index in [1.54, 1.807) is 37.3 Å². The van der Waals surface area contributed by atoms with Gasteiger partial charge < -0.3 is 24.9 Å². The van der Waals surface area contributed by atoms with E-state index in [1.165, 1.54) is 12.3 Å². The molecule has 0 radical (unpaired) electrons. The van der Waals surface area contributed by atoms with Gasteiger partial charge in [-0.05, 0) is 36.8 Å². The summed E-state index contributed by atoms with van der Waals surface area (Å²) >= 11 is 0. The van der Waals surface area contributed by atoms with E-state index in [-0.39, 0.29) is 17.1 Å². The molecule has 0 aliphatic heterocycles. The van der Waals surface area contributed by atoms with Crippen LogP contribution in [0.5, 0.6) is 0 Å². The molecule has 0 aliphatic carbocycles. The number of pyridine rings is 1. The van der Waals surface area contributed by atoms with Crippen molar-refractivity contribution in [3.05, 3.63) is 65.7 Å². The Morgan fingerprint density at radius 2 is 1.76 bits per heavy atom. The second kappa shape index (κ2) is 11.5. The number of nitrogens with one attached hydrogen (secondary N) is 1. The molecule has 12 nitrogen and oxygen atoms in total. The molecular weight excluding hydrogens is 504 g/mol. The Bertz CT molecular complexity index is 1460. The Morgan fingerprint density at radius 1 is 1.08 bits per heavy atom. The highest BCUT2D eigenvalue weighted by Gasteiger charge is 2.23. The minimum Gasteiger partial charge on any atom is -0.468 e. The molecule has 0 aliphatic rings. The van der Waals surface area contributed by atoms with Crippen LogP contribution in [0.4, 0.5) is 11.5 Å². The van der Waals surface area contributed by atoms with E-state index in [0.717, 1.165) is 20.4 Å². The van der Waals surface area contributed by atoms with Gasteiger partial charge in [0.2, 0.25) is 0 Å². The van der Waals surface area contributed by atoms with Crippen LogP contribution < -0.4 is 11.1 Å². The van der Waals surface area contributed by atoms with Crippen molar-refractivity contribution in [1.82, 2.24) is 4.98 Å². The van der Waals surface area contributed by atoms with Crippen molar-refractivity contribution in [2.45, 2.75) is 6.92 Å². The van der Waals surface area contributed by atoms with Crippen molar-refractivity contribution in [2.24, 2.45) is 4.36 Å². The molecule has 3 aromatic rings. The Labute approximate surface area is 212 Å². The number of methoxy groups -OCH3 is 2. The highest BCUT2D eigenvalue weighted by Crippen LogP contribution is 2.28. The lowest BCUT2D eigenvalue weighted by Crippen LogP contribution is -2.26. The molecule has 0 saturated carbocycles. The molecule has 0 spiro atoms. The van der Waals surface area contributed by atoms with Crippen molar-refractivity contribution >= 4 is 45.0 Å². The molecule has 2 amide bonds. The summed E-state index contributed by atoms with van der Waals surface area (Å²) < 4.78 is 31.0. The van der Waals surface area contributed by atoms with Crippen LogP contribution in [0.3, 0.4) is 0 Å². The number of ether oxygens (including phenoxy) is 2. The number of rotatable bonds is 8. The summed E-state index contributed by atoms with van der Waals surface area (Å²) in [6.45, 7) is 1.74. The summed E-state index contributed by atoms with van der Waals surface area (Å²) in [6, 6.07) is 9.67. The Kier molecular flexibility index (Phi) is 8.40. The summed E-state index contributed by atoms with van der Waals surface area (Å²) in [5, 5.41) is 2.73. The predicted octanol–water partition coefficient (Wildman–Crippen LogP) is 2.44. The van der Waals surface area contributed by atoms with E-state index in [2.05, 4.69) is 24.1 Å². The smallest absolute Gasteiger partial charge is 0.319 e. The second-order valence-corrected chi connectivity index (χ2v) is 10.0. The molecule has 1 aromatic carbocycles. The van der Waals surface area contributed by atoms with Gasteiger partial charge in [-0.15, -0.1) is 0 Å². The van der Waals surface area contributed by atoms with Gasteiger partial charge in [0.05, 0.1) is 35.8 Å². The van der Waals surface area contributed by atoms with Gasteiger partial charge in [-0.3, -0.25) is 19.2 Å². The Morgan fingerprint density at radius 3 is 2.35 bits per heavy atom. The van der Waals surface area contributed by atoms with Crippen LogP contribution in [0.15, 0.2) is 57.6 Å². The maximum Gasteiger partial charge on any atom is 0.319 e. The number of hydrogen-bond acceptors (Lipinski definition) is 10. The van der Waals surface area contributed by atoms with Gasteiger partial charge in [0, 0.05) is 23.0 Å². The number of nitrogens with two attached hydrogens (primary N) is 1. The first kappa shape index (κ1) is 27.1. The third-order valence-electron chi connectivity index (χ3n) is 5.06. The van der Waals surface area contributed by atoms with Gasteiger partial charge >= 0.3 is 11.9 Å². The lowest BCUT2D eigenvalue weighted by Gasteiger charge is -2.10. The first-order valence-electron chi connectivity index (χ1n) is 10.7. The molecule has 0 bridgehead atoms. The van der Waals surface area contributed by atoms with Gasteiger partial charge in [-0.1, -0.05) is 12.1 Å². The number of aromatic nitrogens is 1. The fraction of sp³-hybridized carbons (Fsp3) is 0.208. The maximum absolute atomic E-state index is 13.1. The number of anilines is 2. The normalized spacial score (nSPS) is 10.9. The number of amides is 2. The minimum absolute atomic E-state index is 0.0757. The van der Waals surface area contributed by atoms with Crippen LogP contribution >= 0.6 is 0 Å². The number of carbonyl (C=O) groups is 4. The standard InChI is InChI=1S/C24H24N4O8S/c1-14-7-8-36-21(14)24(32)27-17-6-4-5-15(9-17)18-10-16(11-26-22(18)25)23(31)28-37(33,12-19(29)34-2)13-20(30)35-3/h4-11H,12-13H2,1-3H3,(H2,25,26)(H,27,32). The van der Waals surface area contributed by atoms with E-state index < -0.39 is 45.0 Å². The van der Waals surface area contributed by atoms with Gasteiger partial charge in [-0.25, -0.2) is 9.19 Å². The van der Waals surface area contributed by atoms with E-state index >= 15 is 0 Å². The topological polar surface area (TPSA) is 180 Å². The molecule has 0 fully saturated rings. The number of carbonyl (C=O) groups excluding carboxylic acids is 4. The van der Waals surface area contributed by atoms with Crippen LogP contribution in [0, 0.1) is 6.92 Å². The highest BCUT2D eigenvalue weighted by molar-refractivity contribution is 7.95. The number of aryl methyl sites for hydroxylation is 1. The van der Waals surface area contributed by atoms with Crippen molar-refractivity contribution in [2.75, 3.05) is 36.8 Å². The molecule has 2 aromatic heterocycles. The first-order valence-corrected chi connectivity index (χ1v) is 12.5. The van der Waals surface area contributed by atoms with Gasteiger partial charge in [0.25, 0.3) is 11.8 Å². The maximum atomic E-state index is 13.1. The van der Waals surface area contributed by atoms with Crippen LogP contribution in [-0.2, 0) is 28.8 Å². The molecule has 0 atom stereocenters. The molecular formula is C24H24N4O8S. The van der Waals surface area contributed by atoms with Gasteiger partial charge in [-0.2, -0.15) is 4.36 Å². The largest absolute Gasteiger partial charge is 0.468 e. The molecule has 13 heteroatoms. The zero-order valence-corrected chi connectivity index (χ0v) is 21.0. The van der Waals surface area contributed by atoms with E-state index in [4.69, 9.17) is 10.2 Å². The van der Waals surface area contributed by atoms with Crippen LogP contribution in [-0.4, -0.2) is 58.7 Å². The average Bonchev–Trinajstić information content (AvgIpc) is 3.29. The van der Waals surface area contributed by atoms with Crippen LogP contribution in [0.1, 0.15) is 26.5 Å². The molecule has 0 unspecified atom stereocenters. The molecule has 3 rings (SSSR count). The Balaban J connectivity index is 1.94. The minimum atomic E-state index is -3.68. The summed E-state index contributed by atoms with van der Waals surface area (Å²) in [5.74, 6) is -4.57. The molecule has 37 heavy (non-hydrogen) atoms. The van der Waals surface area contributed by atoms with Crippen molar-refractivity contribution in [3.63, 3.8) is 0 Å². The molecule has 3 N–H and O–H groups in total. The monoisotopic (exact) mass is 528 g/mol. The Hall–Kier alpha value is -4.52. The van der Waals surface area contributed by atoms with Crippen LogP contribution in [0.2, 0.25) is 0 Å². The third kappa shape index (κ3) is 6.79. The quantitative estimate of drug-likeness (QED) is 0.412. The summed E-state index contributed by atoms with van der Waals surface area (Å²) in [5.41, 5.74) is 7.89. The number of nitrogens with zero attached hydrogens (tertiary/aromatic N) is 2. The number of benzene rings is 1. The van der Waals surface area contributed by atoms with E-state index in [0.29, 0.717) is 22.4 Å². The zero-order valence-electron chi connectivity index (χ0n) is 20.2. The average molecular weight is 529 g/mol. The molecule has 194 valence electrons. The SMILES string of the molecule is COC(=O)CS(=O)(CC(=O)OC)=NC(=O)c1cnc(N)c(-c2cccc(NC(=O)c3occc3C)c2)c1. The fourth-order valence-electron chi connectivity index (χ4n) is 3.19. The van der Waals surface area contributed by atoms with Crippen LogP contribution in [0.25, 0.3) is 11.1 Å². The van der Waals surface area contributed by atoms with Gasteiger partial charge in [0.1, 0.15) is 17.3 Å². The number of esters is 2. The highest BCUT2D eigenvalue weighted by atomic mass is 32.2. The van der Waals surface area contributed by atoms with E-state index in [9.17, 15) is 23.4 Å². The molecule has 0 saturated heterocycles. The van der Waals surface area contributed by atoms with Crippen molar-refractivity contribution in [1.29, 1.82) is 0 Å². The van der Waals surface area contributed by atoms with E-state index in [1.807, 2.05) is 0 Å². The van der Waals surface area contributed by atoms with Gasteiger partial charge in [0.15, 0.2) is 5.76 Å². The summed E-state index contributed by atoms with van der Waals surface area (Å²) in [7, 11) is -1.53. The fourth-order valence-corrected chi connectivity index (χ4v) is 4.80. The number of nitrogen functional groups attached to an aromatic ring is 1. The van der Waals surface area contributed by atoms with Crippen molar-refractivity contribution < 1.29 is 37.3 Å². The predicted molar refractivity (Wildman–Crippen MR) is 134 cm³/mol. The number of furan rings is 1. The lowest BCUT2D eigenvalue weighted by molar-refractivity contribution is -0.137. The lowest BCUT2D eigenvalue weighted by atomic mass is 10.0. The summed E-state index contributed by atoms with van der Waals surface area (Å²) in [4.78, 5) is 52.8.